The van der Waals surface area contributed by atoms with Gasteiger partial charge in [-0.25, -0.2) is 4.98 Å². The normalized spacial score (nSPS) is 14.8. The highest BCUT2D eigenvalue weighted by molar-refractivity contribution is 6.30. The molecule has 0 aliphatic heterocycles. The number of nitrogens with one attached hydrogen (secondary N) is 1. The number of oxazole rings is 1. The molecule has 0 bridgehead atoms. The first kappa shape index (κ1) is 24.1. The Hall–Kier alpha value is -2.21. The van der Waals surface area contributed by atoms with E-state index in [9.17, 15) is 4.79 Å². The summed E-state index contributed by atoms with van der Waals surface area (Å²) in [5.74, 6) is 1.23. The number of aromatic nitrogens is 1. The number of halogens is 3. The van der Waals surface area contributed by atoms with Crippen molar-refractivity contribution in [3.8, 4) is 11.3 Å². The standard InChI is InChI=1S/C22H22ClN3O2.2ClH/c23-16-6-4-14(5-7-16)20-13-25-22(28-20)11-10-21(27)26-19-3-1-2-15-12-17(24)8-9-18(15)19;;/h4-9,12-13,19H,1-3,10-11,24H2,(H,26,27);2*1H. The number of aryl methyl sites for hydroxylation is 2. The number of nitrogen functional groups attached to an aromatic ring is 1. The van der Waals surface area contributed by atoms with Crippen molar-refractivity contribution in [3.05, 3.63) is 70.7 Å². The van der Waals surface area contributed by atoms with Gasteiger partial charge in [-0.15, -0.1) is 24.8 Å². The number of carbonyl (C=O) groups is 1. The summed E-state index contributed by atoms with van der Waals surface area (Å²) in [6.45, 7) is 0. The Balaban J connectivity index is 0.00000160. The van der Waals surface area contributed by atoms with Crippen molar-refractivity contribution < 1.29 is 9.21 Å². The lowest BCUT2D eigenvalue weighted by molar-refractivity contribution is -0.122. The lowest BCUT2D eigenvalue weighted by atomic mass is 9.87. The van der Waals surface area contributed by atoms with Crippen LogP contribution < -0.4 is 11.1 Å². The van der Waals surface area contributed by atoms with E-state index in [0.717, 1.165) is 30.5 Å². The number of fused-ring (bicyclic) bond motifs is 1. The molecule has 0 fully saturated rings. The maximum atomic E-state index is 12.5. The number of hydrogen-bond acceptors (Lipinski definition) is 4. The summed E-state index contributed by atoms with van der Waals surface area (Å²) in [5.41, 5.74) is 9.97. The molecule has 1 amide bonds. The quantitative estimate of drug-likeness (QED) is 0.481. The Kier molecular flexibility index (Phi) is 8.59. The zero-order valence-electron chi connectivity index (χ0n) is 16.3. The molecule has 3 aromatic rings. The van der Waals surface area contributed by atoms with Crippen LogP contribution in [0.4, 0.5) is 5.69 Å². The van der Waals surface area contributed by atoms with E-state index in [2.05, 4.69) is 10.3 Å². The minimum atomic E-state index is 0. The summed E-state index contributed by atoms with van der Waals surface area (Å²) < 4.78 is 5.77. The number of anilines is 1. The molecule has 8 heteroatoms. The molecule has 30 heavy (non-hydrogen) atoms. The SMILES string of the molecule is Cl.Cl.Nc1ccc2c(c1)CCCC2NC(=O)CCc1ncc(-c2ccc(Cl)cc2)o1. The maximum Gasteiger partial charge on any atom is 0.220 e. The summed E-state index contributed by atoms with van der Waals surface area (Å²) in [6.07, 6.45) is 5.48. The molecule has 1 aromatic heterocycles. The molecule has 0 saturated carbocycles. The van der Waals surface area contributed by atoms with Crippen LogP contribution >= 0.6 is 36.4 Å². The molecule has 3 N–H and O–H groups in total. The van der Waals surface area contributed by atoms with Gasteiger partial charge in [0.1, 0.15) is 0 Å². The molecule has 1 atom stereocenters. The second kappa shape index (κ2) is 10.7. The molecule has 2 aromatic carbocycles. The van der Waals surface area contributed by atoms with Crippen LogP contribution in [0.2, 0.25) is 5.02 Å². The second-order valence-corrected chi connectivity index (χ2v) is 7.53. The van der Waals surface area contributed by atoms with Crippen molar-refractivity contribution >= 4 is 48.0 Å². The number of carbonyl (C=O) groups excluding carboxylic acids is 1. The first-order valence-electron chi connectivity index (χ1n) is 9.47. The third kappa shape index (κ3) is 5.69. The topological polar surface area (TPSA) is 81.1 Å². The fraction of sp³-hybridized carbons (Fsp3) is 0.273. The van der Waals surface area contributed by atoms with Crippen LogP contribution in [0, 0.1) is 0 Å². The summed E-state index contributed by atoms with van der Waals surface area (Å²) >= 11 is 5.91. The third-order valence-electron chi connectivity index (χ3n) is 5.06. The van der Waals surface area contributed by atoms with Crippen LogP contribution in [0.3, 0.4) is 0 Å². The molecular weight excluding hydrogens is 445 g/mol. The Labute approximate surface area is 193 Å². The highest BCUT2D eigenvalue weighted by Gasteiger charge is 2.22. The maximum absolute atomic E-state index is 12.5. The number of benzene rings is 2. The summed E-state index contributed by atoms with van der Waals surface area (Å²) in [4.78, 5) is 16.7. The molecule has 4 rings (SSSR count). The van der Waals surface area contributed by atoms with Crippen molar-refractivity contribution in [2.75, 3.05) is 5.73 Å². The zero-order valence-corrected chi connectivity index (χ0v) is 18.7. The van der Waals surface area contributed by atoms with Crippen LogP contribution in [0.1, 0.15) is 42.3 Å². The predicted molar refractivity (Wildman–Crippen MR) is 124 cm³/mol. The van der Waals surface area contributed by atoms with Gasteiger partial charge in [-0.3, -0.25) is 4.79 Å². The molecular formula is C22H24Cl3N3O2. The summed E-state index contributed by atoms with van der Waals surface area (Å²) in [6, 6.07) is 13.4. The zero-order chi connectivity index (χ0) is 19.5. The number of amides is 1. The van der Waals surface area contributed by atoms with Gasteiger partial charge in [0.05, 0.1) is 12.2 Å². The monoisotopic (exact) mass is 467 g/mol. The van der Waals surface area contributed by atoms with Gasteiger partial charge in [0.25, 0.3) is 0 Å². The molecule has 0 spiro atoms. The molecule has 1 unspecified atom stereocenters. The fourth-order valence-electron chi connectivity index (χ4n) is 3.64. The average Bonchev–Trinajstić information content (AvgIpc) is 3.16. The Morgan fingerprint density at radius 3 is 2.73 bits per heavy atom. The van der Waals surface area contributed by atoms with E-state index in [1.807, 2.05) is 42.5 Å². The second-order valence-electron chi connectivity index (χ2n) is 7.10. The minimum Gasteiger partial charge on any atom is -0.441 e. The molecule has 160 valence electrons. The van der Waals surface area contributed by atoms with Gasteiger partial charge in [0.15, 0.2) is 11.7 Å². The van der Waals surface area contributed by atoms with Crippen LogP contribution in [0.15, 0.2) is 53.1 Å². The number of nitrogens with zero attached hydrogens (tertiary/aromatic N) is 1. The van der Waals surface area contributed by atoms with E-state index in [1.165, 1.54) is 11.1 Å². The highest BCUT2D eigenvalue weighted by Crippen LogP contribution is 2.31. The van der Waals surface area contributed by atoms with E-state index < -0.39 is 0 Å². The smallest absolute Gasteiger partial charge is 0.220 e. The van der Waals surface area contributed by atoms with Gasteiger partial charge >= 0.3 is 0 Å². The van der Waals surface area contributed by atoms with Gasteiger partial charge in [0.2, 0.25) is 5.91 Å². The first-order valence-corrected chi connectivity index (χ1v) is 9.84. The Morgan fingerprint density at radius 2 is 1.97 bits per heavy atom. The Morgan fingerprint density at radius 1 is 1.20 bits per heavy atom. The van der Waals surface area contributed by atoms with Crippen molar-refractivity contribution in [3.63, 3.8) is 0 Å². The minimum absolute atomic E-state index is 0. The fourth-order valence-corrected chi connectivity index (χ4v) is 3.77. The van der Waals surface area contributed by atoms with Crippen molar-refractivity contribution in [2.45, 2.75) is 38.1 Å². The van der Waals surface area contributed by atoms with Gasteiger partial charge < -0.3 is 15.5 Å². The molecule has 1 heterocycles. The molecule has 1 aliphatic carbocycles. The van der Waals surface area contributed by atoms with Crippen molar-refractivity contribution in [1.29, 1.82) is 0 Å². The average molecular weight is 469 g/mol. The summed E-state index contributed by atoms with van der Waals surface area (Å²) in [7, 11) is 0. The predicted octanol–water partition coefficient (Wildman–Crippen LogP) is 5.55. The van der Waals surface area contributed by atoms with Crippen LogP contribution in [0.25, 0.3) is 11.3 Å². The molecule has 0 saturated heterocycles. The Bertz CT molecular complexity index is 990. The largest absolute Gasteiger partial charge is 0.441 e. The lowest BCUT2D eigenvalue weighted by Crippen LogP contribution is -2.31. The van der Waals surface area contributed by atoms with E-state index in [0.29, 0.717) is 29.5 Å². The lowest BCUT2D eigenvalue weighted by Gasteiger charge is -2.26. The van der Waals surface area contributed by atoms with Gasteiger partial charge in [-0.1, -0.05) is 17.7 Å². The van der Waals surface area contributed by atoms with E-state index in [-0.39, 0.29) is 36.8 Å². The summed E-state index contributed by atoms with van der Waals surface area (Å²) in [5, 5.41) is 3.82. The molecule has 0 radical (unpaired) electrons. The number of nitrogens with two attached hydrogens (primary N) is 1. The van der Waals surface area contributed by atoms with Crippen molar-refractivity contribution in [1.82, 2.24) is 10.3 Å². The highest BCUT2D eigenvalue weighted by atomic mass is 35.5. The van der Waals surface area contributed by atoms with Crippen LogP contribution in [0.5, 0.6) is 0 Å². The van der Waals surface area contributed by atoms with E-state index >= 15 is 0 Å². The first-order chi connectivity index (χ1) is 13.6. The van der Waals surface area contributed by atoms with E-state index in [1.54, 1.807) is 6.20 Å². The number of hydrogen-bond donors (Lipinski definition) is 2. The molecule has 5 nitrogen and oxygen atoms in total. The van der Waals surface area contributed by atoms with Crippen LogP contribution in [-0.2, 0) is 17.6 Å². The third-order valence-corrected chi connectivity index (χ3v) is 5.32. The van der Waals surface area contributed by atoms with Crippen molar-refractivity contribution in [2.24, 2.45) is 0 Å². The van der Waals surface area contributed by atoms with E-state index in [4.69, 9.17) is 21.8 Å². The van der Waals surface area contributed by atoms with Gasteiger partial charge in [0, 0.05) is 29.1 Å². The number of rotatable bonds is 5. The van der Waals surface area contributed by atoms with Crippen LogP contribution in [-0.4, -0.2) is 10.9 Å². The molecule has 1 aliphatic rings. The van der Waals surface area contributed by atoms with Gasteiger partial charge in [-0.2, -0.15) is 0 Å². The van der Waals surface area contributed by atoms with Gasteiger partial charge in [-0.05, 0) is 66.8 Å².